The molecule has 14 nitrogen and oxygen atoms in total. The number of carbonyl (C=O) groups excluding carboxylic acids is 6. The van der Waals surface area contributed by atoms with Gasteiger partial charge in [-0.1, -0.05) is 92.7 Å². The second-order valence-electron chi connectivity index (χ2n) is 13.3. The van der Waals surface area contributed by atoms with Gasteiger partial charge in [0, 0.05) is 18.8 Å². The van der Waals surface area contributed by atoms with E-state index in [9.17, 15) is 38.7 Å². The molecule has 15 heteroatoms. The highest BCUT2D eigenvalue weighted by Crippen LogP contribution is 2.44. The van der Waals surface area contributed by atoms with Crippen LogP contribution in [0.3, 0.4) is 0 Å². The number of nitrogens with one attached hydrogen (secondary N) is 5. The lowest BCUT2D eigenvalue weighted by atomic mass is 9.98. The van der Waals surface area contributed by atoms with Gasteiger partial charge in [0.2, 0.25) is 28.7 Å². The summed E-state index contributed by atoms with van der Waals surface area (Å²) in [6.07, 6.45) is -1.25. The highest BCUT2D eigenvalue weighted by molar-refractivity contribution is 7.96. The Morgan fingerprint density at radius 3 is 1.91 bits per heavy atom. The SMILES string of the molecule is CC(C)CC(NC(=O)C(Cc1ccccc1)NC(=O)CNC(=O)CCC(NC(=O)OCC1c2ccccc2-c2ccccc21)C(=O)O)C(=O)NCC(=O)S. The van der Waals surface area contributed by atoms with E-state index < -0.39 is 65.5 Å². The summed E-state index contributed by atoms with van der Waals surface area (Å²) in [5, 5.41) is 21.6. The second-order valence-corrected chi connectivity index (χ2v) is 13.8. The van der Waals surface area contributed by atoms with Crippen LogP contribution < -0.4 is 26.6 Å². The van der Waals surface area contributed by atoms with E-state index in [1.54, 1.807) is 30.3 Å². The summed E-state index contributed by atoms with van der Waals surface area (Å²) < 4.78 is 5.44. The Morgan fingerprint density at radius 2 is 1.31 bits per heavy atom. The predicted molar refractivity (Wildman–Crippen MR) is 202 cm³/mol. The lowest BCUT2D eigenvalue weighted by Crippen LogP contribution is -2.56. The molecule has 1 aliphatic carbocycles. The van der Waals surface area contributed by atoms with E-state index >= 15 is 0 Å². The van der Waals surface area contributed by atoms with E-state index in [-0.39, 0.29) is 50.7 Å². The number of hydrogen-bond acceptors (Lipinski definition) is 8. The Morgan fingerprint density at radius 1 is 0.704 bits per heavy atom. The Hall–Kier alpha value is -5.70. The minimum absolute atomic E-state index is 0.0000281. The Bertz CT molecular complexity index is 1790. The number of ether oxygens (including phenoxy) is 1. The minimum Gasteiger partial charge on any atom is -0.480 e. The maximum atomic E-state index is 13.4. The number of carboxylic acids is 1. The maximum absolute atomic E-state index is 13.4. The molecule has 0 fully saturated rings. The predicted octanol–water partition coefficient (Wildman–Crippen LogP) is 2.71. The van der Waals surface area contributed by atoms with Crippen LogP contribution in [0.1, 0.15) is 55.7 Å². The number of fused-ring (bicyclic) bond motifs is 3. The smallest absolute Gasteiger partial charge is 0.407 e. The van der Waals surface area contributed by atoms with Crippen LogP contribution >= 0.6 is 12.6 Å². The summed E-state index contributed by atoms with van der Waals surface area (Å²) in [6, 6.07) is 20.8. The molecule has 0 saturated heterocycles. The number of carboxylic acid groups (broad SMARTS) is 1. The van der Waals surface area contributed by atoms with E-state index in [2.05, 4.69) is 39.2 Å². The molecule has 0 spiro atoms. The first-order valence-corrected chi connectivity index (χ1v) is 18.0. The maximum Gasteiger partial charge on any atom is 0.407 e. The van der Waals surface area contributed by atoms with Crippen LogP contribution in [0.4, 0.5) is 4.79 Å². The van der Waals surface area contributed by atoms with Crippen molar-refractivity contribution in [3.8, 4) is 11.1 Å². The van der Waals surface area contributed by atoms with Crippen molar-refractivity contribution in [2.24, 2.45) is 5.92 Å². The summed E-state index contributed by atoms with van der Waals surface area (Å²) in [6.45, 7) is 2.84. The quantitative estimate of drug-likeness (QED) is 0.0896. The van der Waals surface area contributed by atoms with Crippen molar-refractivity contribution in [3.05, 3.63) is 95.6 Å². The van der Waals surface area contributed by atoms with Crippen LogP contribution in [0.15, 0.2) is 78.9 Å². The van der Waals surface area contributed by atoms with Gasteiger partial charge in [-0.05, 0) is 46.6 Å². The average Bonchev–Trinajstić information content (AvgIpc) is 3.46. The molecule has 3 atom stereocenters. The van der Waals surface area contributed by atoms with Crippen molar-refractivity contribution < 1.29 is 43.4 Å². The van der Waals surface area contributed by atoms with E-state index in [1.165, 1.54) is 0 Å². The molecule has 0 radical (unpaired) electrons. The minimum atomic E-state index is -1.44. The van der Waals surface area contributed by atoms with Gasteiger partial charge >= 0.3 is 12.1 Å². The van der Waals surface area contributed by atoms with Gasteiger partial charge < -0.3 is 36.4 Å². The number of rotatable bonds is 19. The summed E-state index contributed by atoms with van der Waals surface area (Å²) in [7, 11) is 0. The van der Waals surface area contributed by atoms with Crippen LogP contribution in [-0.2, 0) is 39.9 Å². The highest BCUT2D eigenvalue weighted by atomic mass is 32.1. The molecular weight excluding hydrogens is 715 g/mol. The largest absolute Gasteiger partial charge is 0.480 e. The molecule has 0 aliphatic heterocycles. The van der Waals surface area contributed by atoms with E-state index in [4.69, 9.17) is 4.74 Å². The standard InChI is InChI=1S/C39H45N5O9S/c1-23(2)18-31(36(48)41-21-35(47)54)43-37(49)32(19-24-10-4-3-5-11-24)42-34(46)20-40-33(45)17-16-30(38(50)51)44-39(52)53-22-29-27-14-8-6-12-25(27)26-13-7-9-15-28(26)29/h3-15,23,29-32H,16-22H2,1-2H3,(H,40,45)(H,41,48)(H,42,46)(H,43,49)(H,44,52)(H,47,54)(H,50,51). The lowest BCUT2D eigenvalue weighted by molar-refractivity contribution is -0.139. The summed E-state index contributed by atoms with van der Waals surface area (Å²) in [5.74, 6) is -4.20. The first kappa shape index (κ1) is 41.1. The van der Waals surface area contributed by atoms with Gasteiger partial charge in [-0.3, -0.25) is 24.0 Å². The van der Waals surface area contributed by atoms with Crippen molar-refractivity contribution in [2.45, 2.75) is 63.6 Å². The Labute approximate surface area is 318 Å². The third-order valence-corrected chi connectivity index (χ3v) is 8.89. The zero-order chi connectivity index (χ0) is 39.2. The zero-order valence-electron chi connectivity index (χ0n) is 30.0. The molecule has 3 aromatic carbocycles. The number of amides is 5. The Kier molecular flexibility index (Phi) is 15.2. The van der Waals surface area contributed by atoms with Crippen molar-refractivity contribution in [1.29, 1.82) is 0 Å². The van der Waals surface area contributed by atoms with Gasteiger partial charge in [-0.2, -0.15) is 0 Å². The number of carbonyl (C=O) groups is 7. The zero-order valence-corrected chi connectivity index (χ0v) is 30.9. The fourth-order valence-corrected chi connectivity index (χ4v) is 6.23. The van der Waals surface area contributed by atoms with Gasteiger partial charge in [0.05, 0.1) is 13.1 Å². The van der Waals surface area contributed by atoms with Crippen molar-refractivity contribution >= 4 is 53.4 Å². The molecule has 0 heterocycles. The molecule has 0 saturated carbocycles. The van der Waals surface area contributed by atoms with Crippen molar-refractivity contribution in [3.63, 3.8) is 0 Å². The van der Waals surface area contributed by atoms with Crippen molar-refractivity contribution in [1.82, 2.24) is 26.6 Å². The Balaban J connectivity index is 1.28. The molecule has 0 bridgehead atoms. The monoisotopic (exact) mass is 759 g/mol. The number of aliphatic carboxylic acids is 1. The van der Waals surface area contributed by atoms with Crippen LogP contribution in [0.2, 0.25) is 0 Å². The molecule has 286 valence electrons. The van der Waals surface area contributed by atoms with Gasteiger partial charge in [-0.15, -0.1) is 12.6 Å². The van der Waals surface area contributed by atoms with Crippen LogP contribution in [0, 0.1) is 5.92 Å². The molecule has 3 aromatic rings. The highest BCUT2D eigenvalue weighted by Gasteiger charge is 2.31. The molecular formula is C39H45N5O9S. The van der Waals surface area contributed by atoms with Crippen LogP contribution in [-0.4, -0.2) is 83.7 Å². The summed E-state index contributed by atoms with van der Waals surface area (Å²) in [4.78, 5) is 87.7. The lowest BCUT2D eigenvalue weighted by Gasteiger charge is -2.24. The van der Waals surface area contributed by atoms with Gasteiger partial charge in [-0.25, -0.2) is 9.59 Å². The number of benzene rings is 3. The normalized spacial score (nSPS) is 13.3. The van der Waals surface area contributed by atoms with Gasteiger partial charge in [0.1, 0.15) is 24.7 Å². The average molecular weight is 760 g/mol. The number of alkyl carbamates (subject to hydrolysis) is 1. The van der Waals surface area contributed by atoms with Gasteiger partial charge in [0.15, 0.2) is 0 Å². The first-order valence-electron chi connectivity index (χ1n) is 17.6. The molecule has 54 heavy (non-hydrogen) atoms. The van der Waals surface area contributed by atoms with Crippen LogP contribution in [0.5, 0.6) is 0 Å². The fourth-order valence-electron chi connectivity index (χ4n) is 6.15. The molecule has 6 N–H and O–H groups in total. The molecule has 0 aromatic heterocycles. The molecule has 3 unspecified atom stereocenters. The summed E-state index contributed by atoms with van der Waals surface area (Å²) >= 11 is 3.66. The molecule has 5 amide bonds. The molecule has 4 rings (SSSR count). The van der Waals surface area contributed by atoms with Crippen molar-refractivity contribution in [2.75, 3.05) is 19.7 Å². The second kappa shape index (κ2) is 19.9. The fraction of sp³-hybridized carbons (Fsp3) is 0.359. The van der Waals surface area contributed by atoms with Crippen LogP contribution in [0.25, 0.3) is 11.1 Å². The third kappa shape index (κ3) is 12.2. The molecule has 1 aliphatic rings. The van der Waals surface area contributed by atoms with E-state index in [0.717, 1.165) is 27.8 Å². The topological polar surface area (TPSA) is 209 Å². The first-order chi connectivity index (χ1) is 25.8. The third-order valence-electron chi connectivity index (χ3n) is 8.73. The summed E-state index contributed by atoms with van der Waals surface area (Å²) in [5.41, 5.74) is 4.79. The number of thiol groups is 1. The van der Waals surface area contributed by atoms with E-state index in [1.807, 2.05) is 62.4 Å². The number of hydrogen-bond donors (Lipinski definition) is 7. The van der Waals surface area contributed by atoms with E-state index in [0.29, 0.717) is 0 Å². The van der Waals surface area contributed by atoms with Gasteiger partial charge in [0.25, 0.3) is 0 Å².